The van der Waals surface area contributed by atoms with Gasteiger partial charge in [0.1, 0.15) is 18.1 Å². The molecule has 3 rings (SSSR count). The van der Waals surface area contributed by atoms with Gasteiger partial charge in [0.25, 0.3) is 0 Å². The van der Waals surface area contributed by atoms with Gasteiger partial charge in [0.2, 0.25) is 0 Å². The lowest BCUT2D eigenvalue weighted by atomic mass is 10.1. The first-order valence-corrected chi connectivity index (χ1v) is 9.98. The Kier molecular flexibility index (Phi) is 8.05. The van der Waals surface area contributed by atoms with E-state index in [1.54, 1.807) is 42.5 Å². The molecular weight excluding hydrogens is 396 g/mol. The maximum Gasteiger partial charge on any atom is 0.341 e. The molecule has 0 amide bonds. The average Bonchev–Trinajstić information content (AvgIpc) is 2.80. The summed E-state index contributed by atoms with van der Waals surface area (Å²) >= 11 is 0. The van der Waals surface area contributed by atoms with Gasteiger partial charge in [-0.2, -0.15) is 0 Å². The van der Waals surface area contributed by atoms with Crippen molar-refractivity contribution in [1.82, 2.24) is 0 Å². The lowest BCUT2D eigenvalue weighted by molar-refractivity contribution is -0.139. The Morgan fingerprint density at radius 2 is 1.55 bits per heavy atom. The summed E-state index contributed by atoms with van der Waals surface area (Å²) in [6, 6.07) is 23.9. The van der Waals surface area contributed by atoms with E-state index in [1.807, 2.05) is 36.4 Å². The Balaban J connectivity index is 1.60. The number of hydrogen-bond donors (Lipinski definition) is 1. The molecule has 0 atom stereocenters. The second-order valence-corrected chi connectivity index (χ2v) is 6.83. The van der Waals surface area contributed by atoms with E-state index in [0.717, 1.165) is 11.1 Å². The number of hydrogen-bond acceptors (Lipinski definition) is 5. The molecule has 6 nitrogen and oxygen atoms in total. The van der Waals surface area contributed by atoms with E-state index in [-0.39, 0.29) is 12.6 Å². The molecule has 0 saturated carbocycles. The second-order valence-electron chi connectivity index (χ2n) is 6.83. The minimum Gasteiger partial charge on any atom is -0.489 e. The number of carbonyl (C=O) groups excluding carboxylic acids is 1. The van der Waals surface area contributed by atoms with Gasteiger partial charge in [0.05, 0.1) is 12.2 Å². The van der Waals surface area contributed by atoms with Crippen LogP contribution in [0.25, 0.3) is 0 Å². The Morgan fingerprint density at radius 3 is 2.26 bits per heavy atom. The van der Waals surface area contributed by atoms with Gasteiger partial charge >= 0.3 is 11.9 Å². The van der Waals surface area contributed by atoms with Gasteiger partial charge in [-0.3, -0.25) is 0 Å². The van der Waals surface area contributed by atoms with Gasteiger partial charge in [-0.05, 0) is 54.3 Å². The van der Waals surface area contributed by atoms with Crippen LogP contribution in [0.2, 0.25) is 0 Å². The highest BCUT2D eigenvalue weighted by Gasteiger charge is 2.10. The van der Waals surface area contributed by atoms with Crippen molar-refractivity contribution in [3.05, 3.63) is 95.6 Å². The number of benzene rings is 3. The van der Waals surface area contributed by atoms with Crippen LogP contribution in [0.5, 0.6) is 11.5 Å². The third-order valence-corrected chi connectivity index (χ3v) is 4.46. The highest BCUT2D eigenvalue weighted by molar-refractivity contribution is 5.89. The maximum atomic E-state index is 12.1. The van der Waals surface area contributed by atoms with Crippen molar-refractivity contribution in [2.45, 2.75) is 19.4 Å². The highest BCUT2D eigenvalue weighted by Crippen LogP contribution is 2.26. The molecule has 3 aromatic rings. The normalized spacial score (nSPS) is 10.3. The molecule has 160 valence electrons. The average molecular weight is 420 g/mol. The molecule has 0 aromatic heterocycles. The Bertz CT molecular complexity index is 985. The number of carboxylic acid groups (broad SMARTS) is 1. The predicted octanol–water partition coefficient (Wildman–Crippen LogP) is 4.52. The Hall–Kier alpha value is -3.80. The van der Waals surface area contributed by atoms with Crippen LogP contribution in [0, 0.1) is 0 Å². The van der Waals surface area contributed by atoms with Gasteiger partial charge in [-0.25, -0.2) is 9.59 Å². The third-order valence-electron chi connectivity index (χ3n) is 4.46. The number of ether oxygens (including phenoxy) is 3. The van der Waals surface area contributed by atoms with Gasteiger partial charge in [0.15, 0.2) is 6.61 Å². The third kappa shape index (κ3) is 7.19. The van der Waals surface area contributed by atoms with Gasteiger partial charge in [0, 0.05) is 0 Å². The van der Waals surface area contributed by atoms with Crippen molar-refractivity contribution in [3.63, 3.8) is 0 Å². The first kappa shape index (κ1) is 21.9. The molecule has 1 N–H and O–H groups in total. The lowest BCUT2D eigenvalue weighted by Gasteiger charge is -2.14. The molecule has 0 aliphatic rings. The molecule has 0 bridgehead atoms. The van der Waals surface area contributed by atoms with Crippen LogP contribution in [-0.4, -0.2) is 30.3 Å². The zero-order valence-electron chi connectivity index (χ0n) is 17.0. The van der Waals surface area contributed by atoms with Gasteiger partial charge in [-0.15, -0.1) is 0 Å². The topological polar surface area (TPSA) is 82.1 Å². The molecule has 0 saturated heterocycles. The van der Waals surface area contributed by atoms with Crippen LogP contribution in [0.3, 0.4) is 0 Å². The van der Waals surface area contributed by atoms with Crippen LogP contribution in [0.1, 0.15) is 27.9 Å². The van der Waals surface area contributed by atoms with E-state index in [1.165, 1.54) is 0 Å². The quantitative estimate of drug-likeness (QED) is 0.363. The van der Waals surface area contributed by atoms with Crippen LogP contribution >= 0.6 is 0 Å². The molecule has 0 radical (unpaired) electrons. The molecule has 0 unspecified atom stereocenters. The second kappa shape index (κ2) is 11.4. The fourth-order valence-electron chi connectivity index (χ4n) is 2.95. The number of rotatable bonds is 11. The fourth-order valence-corrected chi connectivity index (χ4v) is 2.95. The summed E-state index contributed by atoms with van der Waals surface area (Å²) in [6.45, 7) is 0.247. The summed E-state index contributed by atoms with van der Waals surface area (Å²) in [6.07, 6.45) is 1.17. The van der Waals surface area contributed by atoms with Gasteiger partial charge < -0.3 is 19.3 Å². The summed E-state index contributed by atoms with van der Waals surface area (Å²) in [4.78, 5) is 22.8. The van der Waals surface area contributed by atoms with E-state index in [9.17, 15) is 9.59 Å². The number of esters is 1. The molecule has 6 heteroatoms. The summed E-state index contributed by atoms with van der Waals surface area (Å²) < 4.78 is 16.6. The van der Waals surface area contributed by atoms with Crippen LogP contribution in [0.15, 0.2) is 78.9 Å². The summed E-state index contributed by atoms with van der Waals surface area (Å²) in [7, 11) is 0. The number of aliphatic carboxylic acids is 1. The molecule has 3 aromatic carbocycles. The smallest absolute Gasteiger partial charge is 0.341 e. The first-order valence-electron chi connectivity index (χ1n) is 9.98. The monoisotopic (exact) mass is 420 g/mol. The number of aryl methyl sites for hydroxylation is 1. The Labute approximate surface area is 181 Å². The molecule has 0 aliphatic heterocycles. The summed E-state index contributed by atoms with van der Waals surface area (Å²) in [5, 5.41) is 8.83. The molecule has 0 aliphatic carbocycles. The van der Waals surface area contributed by atoms with Crippen molar-refractivity contribution >= 4 is 11.9 Å². The van der Waals surface area contributed by atoms with Crippen molar-refractivity contribution in [2.75, 3.05) is 13.2 Å². The van der Waals surface area contributed by atoms with E-state index >= 15 is 0 Å². The number of carboxylic acids is 1. The van der Waals surface area contributed by atoms with Gasteiger partial charge in [-0.1, -0.05) is 48.5 Å². The highest BCUT2D eigenvalue weighted by atomic mass is 16.5. The molecule has 0 fully saturated rings. The minimum atomic E-state index is -1.04. The van der Waals surface area contributed by atoms with Crippen molar-refractivity contribution < 1.29 is 28.9 Å². The zero-order valence-corrected chi connectivity index (χ0v) is 17.0. The molecular formula is C25H24O6. The van der Waals surface area contributed by atoms with E-state index in [4.69, 9.17) is 19.3 Å². The standard InChI is InChI=1S/C25H24O6/c26-24(27)18-30-22-13-14-23(31-17-19-8-3-1-4-9-19)21(16-22)12-7-15-29-25(28)20-10-5-2-6-11-20/h1-6,8-11,13-14,16H,7,12,15,17-18H2,(H,26,27). The SMILES string of the molecule is O=C(O)COc1ccc(OCc2ccccc2)c(CCCOC(=O)c2ccccc2)c1. The Morgan fingerprint density at radius 1 is 0.839 bits per heavy atom. The number of carbonyl (C=O) groups is 2. The molecule has 0 spiro atoms. The van der Waals surface area contributed by atoms with Crippen molar-refractivity contribution in [3.8, 4) is 11.5 Å². The van der Waals surface area contributed by atoms with E-state index in [2.05, 4.69) is 0 Å². The van der Waals surface area contributed by atoms with E-state index in [0.29, 0.717) is 36.5 Å². The predicted molar refractivity (Wildman–Crippen MR) is 115 cm³/mol. The summed E-state index contributed by atoms with van der Waals surface area (Å²) in [5.41, 5.74) is 2.41. The fraction of sp³-hybridized carbons (Fsp3) is 0.200. The largest absolute Gasteiger partial charge is 0.489 e. The van der Waals surface area contributed by atoms with E-state index < -0.39 is 12.6 Å². The van der Waals surface area contributed by atoms with Crippen molar-refractivity contribution in [2.24, 2.45) is 0 Å². The summed E-state index contributed by atoms with van der Waals surface area (Å²) in [5.74, 6) is -0.273. The minimum absolute atomic E-state index is 0.256. The zero-order chi connectivity index (χ0) is 21.9. The maximum absolute atomic E-state index is 12.1. The lowest BCUT2D eigenvalue weighted by Crippen LogP contribution is -2.10. The van der Waals surface area contributed by atoms with Crippen LogP contribution in [-0.2, 0) is 22.6 Å². The van der Waals surface area contributed by atoms with Crippen LogP contribution < -0.4 is 9.47 Å². The molecule has 0 heterocycles. The molecule has 31 heavy (non-hydrogen) atoms. The van der Waals surface area contributed by atoms with Crippen LogP contribution in [0.4, 0.5) is 0 Å². The van der Waals surface area contributed by atoms with Crippen molar-refractivity contribution in [1.29, 1.82) is 0 Å². The first-order chi connectivity index (χ1) is 15.1.